The number of rotatable bonds is 4. The molecule has 0 aromatic heterocycles. The van der Waals surface area contributed by atoms with Gasteiger partial charge in [0.2, 0.25) is 5.91 Å². The first-order valence-corrected chi connectivity index (χ1v) is 6.90. The second-order valence-electron chi connectivity index (χ2n) is 4.22. The number of anilines is 1. The van der Waals surface area contributed by atoms with E-state index < -0.39 is 5.41 Å². The smallest absolute Gasteiger partial charge is 0.233 e. The van der Waals surface area contributed by atoms with Gasteiger partial charge >= 0.3 is 0 Å². The Morgan fingerprint density at radius 2 is 1.94 bits per heavy atom. The molecule has 0 saturated carbocycles. The van der Waals surface area contributed by atoms with Gasteiger partial charge in [0.15, 0.2) is 0 Å². The van der Waals surface area contributed by atoms with Gasteiger partial charge in [-0.15, -0.1) is 11.8 Å². The van der Waals surface area contributed by atoms with E-state index in [0.717, 1.165) is 5.69 Å². The molecule has 2 nitrogen and oxygen atoms in total. The fourth-order valence-corrected chi connectivity index (χ4v) is 1.74. The number of halogens is 1. The van der Waals surface area contributed by atoms with Gasteiger partial charge in [0.05, 0.1) is 5.41 Å². The van der Waals surface area contributed by atoms with Crippen LogP contribution in [0.4, 0.5) is 5.69 Å². The fraction of sp³-hybridized carbons (Fsp3) is 0.308. The Labute approximate surface area is 111 Å². The van der Waals surface area contributed by atoms with Crippen LogP contribution in [-0.4, -0.2) is 12.2 Å². The van der Waals surface area contributed by atoms with Gasteiger partial charge in [-0.1, -0.05) is 17.7 Å². The summed E-state index contributed by atoms with van der Waals surface area (Å²) in [4.78, 5) is 12.0. The molecule has 1 amide bonds. The molecule has 0 unspecified atom stereocenters. The summed E-state index contributed by atoms with van der Waals surface area (Å²) in [5, 5.41) is 5.44. The molecule has 0 atom stereocenters. The maximum Gasteiger partial charge on any atom is 0.233 e. The minimum absolute atomic E-state index is 0.0369. The Morgan fingerprint density at radius 3 is 2.47 bits per heavy atom. The molecule has 92 valence electrons. The zero-order valence-corrected chi connectivity index (χ0v) is 11.7. The number of carbonyl (C=O) groups is 1. The first-order valence-electron chi connectivity index (χ1n) is 5.23. The molecule has 0 radical (unpaired) electrons. The van der Waals surface area contributed by atoms with E-state index in [2.05, 4.69) is 5.32 Å². The molecule has 0 fully saturated rings. The van der Waals surface area contributed by atoms with Gasteiger partial charge in [-0.3, -0.25) is 4.79 Å². The van der Waals surface area contributed by atoms with Crippen LogP contribution in [0.5, 0.6) is 0 Å². The second-order valence-corrected chi connectivity index (χ2v) is 5.40. The molecule has 1 N–H and O–H groups in total. The highest BCUT2D eigenvalue weighted by atomic mass is 35.5. The highest BCUT2D eigenvalue weighted by molar-refractivity contribution is 8.01. The zero-order valence-electron chi connectivity index (χ0n) is 10.2. The lowest BCUT2D eigenvalue weighted by atomic mass is 9.92. The molecule has 0 saturated heterocycles. The van der Waals surface area contributed by atoms with Crippen LogP contribution in [0, 0.1) is 5.41 Å². The predicted octanol–water partition coefficient (Wildman–Crippen LogP) is 4.18. The van der Waals surface area contributed by atoms with Gasteiger partial charge in [0.1, 0.15) is 0 Å². The van der Waals surface area contributed by atoms with Crippen LogP contribution in [0.2, 0.25) is 5.02 Å². The Bertz CT molecular complexity index is 412. The average molecular weight is 270 g/mol. The molecule has 1 aromatic rings. The Kier molecular flexibility index (Phi) is 5.09. The second kappa shape index (κ2) is 6.12. The number of benzene rings is 1. The maximum atomic E-state index is 12.0. The van der Waals surface area contributed by atoms with Crippen LogP contribution in [0.3, 0.4) is 0 Å². The first kappa shape index (κ1) is 14.1. The van der Waals surface area contributed by atoms with Crippen molar-refractivity contribution in [3.05, 3.63) is 40.8 Å². The van der Waals surface area contributed by atoms with Crippen LogP contribution in [-0.2, 0) is 4.79 Å². The van der Waals surface area contributed by atoms with Gasteiger partial charge in [-0.25, -0.2) is 0 Å². The molecule has 17 heavy (non-hydrogen) atoms. The fourth-order valence-electron chi connectivity index (χ4n) is 1.14. The maximum absolute atomic E-state index is 12.0. The van der Waals surface area contributed by atoms with Gasteiger partial charge in [-0.05, 0) is 49.8 Å². The van der Waals surface area contributed by atoms with Crippen molar-refractivity contribution in [2.75, 3.05) is 11.6 Å². The summed E-state index contributed by atoms with van der Waals surface area (Å²) in [7, 11) is 0. The van der Waals surface area contributed by atoms with Crippen molar-refractivity contribution in [1.82, 2.24) is 0 Å². The van der Waals surface area contributed by atoms with Crippen molar-refractivity contribution in [2.45, 2.75) is 13.8 Å². The Hall–Kier alpha value is -0.930. The van der Waals surface area contributed by atoms with Crippen LogP contribution in [0.1, 0.15) is 13.8 Å². The lowest BCUT2D eigenvalue weighted by Gasteiger charge is -2.19. The molecular weight excluding hydrogens is 254 g/mol. The average Bonchev–Trinajstić information content (AvgIpc) is 2.29. The number of hydrogen-bond acceptors (Lipinski definition) is 2. The van der Waals surface area contributed by atoms with Gasteiger partial charge in [-0.2, -0.15) is 0 Å². The van der Waals surface area contributed by atoms with Crippen molar-refractivity contribution >= 4 is 35.0 Å². The van der Waals surface area contributed by atoms with E-state index >= 15 is 0 Å². The van der Waals surface area contributed by atoms with Crippen molar-refractivity contribution in [1.29, 1.82) is 0 Å². The van der Waals surface area contributed by atoms with Gasteiger partial charge < -0.3 is 5.32 Å². The molecule has 0 aliphatic carbocycles. The van der Waals surface area contributed by atoms with E-state index in [1.807, 2.05) is 31.6 Å². The highest BCUT2D eigenvalue weighted by Crippen LogP contribution is 2.22. The SMILES string of the molecule is CS/C=C/C(C)(C)C(=O)Nc1ccc(Cl)cc1. The number of hydrogen-bond donors (Lipinski definition) is 1. The highest BCUT2D eigenvalue weighted by Gasteiger charge is 2.24. The van der Waals surface area contributed by atoms with Crippen molar-refractivity contribution in [2.24, 2.45) is 5.41 Å². The lowest BCUT2D eigenvalue weighted by Crippen LogP contribution is -2.28. The minimum atomic E-state index is -0.525. The van der Waals surface area contributed by atoms with E-state index in [0.29, 0.717) is 5.02 Å². The summed E-state index contributed by atoms with van der Waals surface area (Å²) >= 11 is 7.36. The predicted molar refractivity (Wildman–Crippen MR) is 76.5 cm³/mol. The number of amides is 1. The molecule has 0 aliphatic rings. The topological polar surface area (TPSA) is 29.1 Å². The van der Waals surface area contributed by atoms with E-state index in [4.69, 9.17) is 11.6 Å². The van der Waals surface area contributed by atoms with Crippen molar-refractivity contribution < 1.29 is 4.79 Å². The third-order valence-corrected chi connectivity index (χ3v) is 2.97. The van der Waals surface area contributed by atoms with Crippen LogP contribution in [0.15, 0.2) is 35.7 Å². The van der Waals surface area contributed by atoms with Crippen LogP contribution < -0.4 is 5.32 Å². The van der Waals surface area contributed by atoms with E-state index in [-0.39, 0.29) is 5.91 Å². The summed E-state index contributed by atoms with van der Waals surface area (Å²) in [5.74, 6) is -0.0369. The van der Waals surface area contributed by atoms with Crippen LogP contribution in [0.25, 0.3) is 0 Å². The Balaban J connectivity index is 2.71. The molecule has 0 spiro atoms. The Morgan fingerprint density at radius 1 is 1.35 bits per heavy atom. The normalized spacial score (nSPS) is 11.8. The third-order valence-electron chi connectivity index (χ3n) is 2.31. The molecule has 1 aromatic carbocycles. The summed E-state index contributed by atoms with van der Waals surface area (Å²) in [6, 6.07) is 7.08. The molecule has 4 heteroatoms. The quantitative estimate of drug-likeness (QED) is 0.888. The monoisotopic (exact) mass is 269 g/mol. The summed E-state index contributed by atoms with van der Waals surface area (Å²) in [6.45, 7) is 3.76. The van der Waals surface area contributed by atoms with Crippen molar-refractivity contribution in [3.8, 4) is 0 Å². The number of carbonyl (C=O) groups excluding carboxylic acids is 1. The standard InChI is InChI=1S/C13H16ClNOS/c1-13(2,8-9-17-3)12(16)15-11-6-4-10(14)5-7-11/h4-9H,1-3H3,(H,15,16)/b9-8+. The molecule has 0 heterocycles. The summed E-state index contributed by atoms with van der Waals surface area (Å²) < 4.78 is 0. The van der Waals surface area contributed by atoms with E-state index in [1.54, 1.807) is 36.0 Å². The molecular formula is C13H16ClNOS. The van der Waals surface area contributed by atoms with Crippen molar-refractivity contribution in [3.63, 3.8) is 0 Å². The largest absolute Gasteiger partial charge is 0.325 e. The summed E-state index contributed by atoms with van der Waals surface area (Å²) in [6.07, 6.45) is 3.85. The first-order chi connectivity index (χ1) is 7.95. The van der Waals surface area contributed by atoms with Crippen LogP contribution >= 0.6 is 23.4 Å². The summed E-state index contributed by atoms with van der Waals surface area (Å²) in [5.41, 5.74) is 0.230. The zero-order chi connectivity index (χ0) is 12.9. The van der Waals surface area contributed by atoms with Gasteiger partial charge in [0, 0.05) is 10.7 Å². The van der Waals surface area contributed by atoms with E-state index in [9.17, 15) is 4.79 Å². The lowest BCUT2D eigenvalue weighted by molar-refractivity contribution is -0.121. The third kappa shape index (κ3) is 4.44. The van der Waals surface area contributed by atoms with E-state index in [1.165, 1.54) is 0 Å². The molecule has 0 bridgehead atoms. The molecule has 0 aliphatic heterocycles. The molecule has 1 rings (SSSR count). The number of nitrogens with one attached hydrogen (secondary N) is 1. The van der Waals surface area contributed by atoms with Gasteiger partial charge in [0.25, 0.3) is 0 Å². The minimum Gasteiger partial charge on any atom is -0.325 e. The number of thioether (sulfide) groups is 1.